The lowest BCUT2D eigenvalue weighted by atomic mass is 10.1. The van der Waals surface area contributed by atoms with Gasteiger partial charge in [0.2, 0.25) is 0 Å². The molecule has 0 saturated heterocycles. The molecule has 0 aliphatic carbocycles. The summed E-state index contributed by atoms with van der Waals surface area (Å²) < 4.78 is 2.15. The summed E-state index contributed by atoms with van der Waals surface area (Å²) in [7, 11) is 0. The van der Waals surface area contributed by atoms with Crippen molar-refractivity contribution in [1.82, 2.24) is 14.5 Å². The standard InChI is InChI=1S/C17H18N4/c1-13-4-2-3-5-14(13)7-9-21-12-19-11-16(21)15-6-8-20-17(18)10-15/h2-6,8,10-12H,7,9H2,1H3,(H2,18,20). The summed E-state index contributed by atoms with van der Waals surface area (Å²) in [5, 5.41) is 0. The highest BCUT2D eigenvalue weighted by molar-refractivity contribution is 5.61. The van der Waals surface area contributed by atoms with Crippen molar-refractivity contribution >= 4 is 5.82 Å². The average molecular weight is 278 g/mol. The van der Waals surface area contributed by atoms with Gasteiger partial charge >= 0.3 is 0 Å². The molecule has 4 nitrogen and oxygen atoms in total. The van der Waals surface area contributed by atoms with Gasteiger partial charge in [0.05, 0.1) is 18.2 Å². The van der Waals surface area contributed by atoms with E-state index in [1.807, 2.05) is 24.7 Å². The number of anilines is 1. The van der Waals surface area contributed by atoms with Crippen molar-refractivity contribution in [3.63, 3.8) is 0 Å². The third kappa shape index (κ3) is 2.94. The quantitative estimate of drug-likeness (QED) is 0.798. The molecule has 0 amide bonds. The lowest BCUT2D eigenvalue weighted by Crippen LogP contribution is -2.03. The fraction of sp³-hybridized carbons (Fsp3) is 0.176. The number of aryl methyl sites for hydroxylation is 3. The van der Waals surface area contributed by atoms with Gasteiger partial charge in [-0.15, -0.1) is 0 Å². The Hall–Kier alpha value is -2.62. The van der Waals surface area contributed by atoms with Gasteiger partial charge in [-0.25, -0.2) is 9.97 Å². The van der Waals surface area contributed by atoms with Gasteiger partial charge in [0, 0.05) is 18.3 Å². The van der Waals surface area contributed by atoms with E-state index in [0.717, 1.165) is 24.2 Å². The van der Waals surface area contributed by atoms with Crippen LogP contribution in [-0.4, -0.2) is 14.5 Å². The lowest BCUT2D eigenvalue weighted by molar-refractivity contribution is 0.699. The Morgan fingerprint density at radius 1 is 1.19 bits per heavy atom. The molecule has 0 aliphatic heterocycles. The van der Waals surface area contributed by atoms with Gasteiger partial charge in [-0.05, 0) is 36.6 Å². The van der Waals surface area contributed by atoms with Crippen molar-refractivity contribution in [2.75, 3.05) is 5.73 Å². The summed E-state index contributed by atoms with van der Waals surface area (Å²) in [6.45, 7) is 3.04. The fourth-order valence-corrected chi connectivity index (χ4v) is 2.48. The predicted molar refractivity (Wildman–Crippen MR) is 84.8 cm³/mol. The highest BCUT2D eigenvalue weighted by Crippen LogP contribution is 2.20. The minimum atomic E-state index is 0.527. The van der Waals surface area contributed by atoms with E-state index in [1.165, 1.54) is 11.1 Å². The maximum absolute atomic E-state index is 5.76. The molecule has 0 radical (unpaired) electrons. The number of rotatable bonds is 4. The van der Waals surface area contributed by atoms with E-state index >= 15 is 0 Å². The lowest BCUT2D eigenvalue weighted by Gasteiger charge is -2.10. The molecule has 0 aliphatic rings. The second-order valence-corrected chi connectivity index (χ2v) is 5.12. The number of nitrogens with zero attached hydrogens (tertiary/aromatic N) is 3. The first-order valence-corrected chi connectivity index (χ1v) is 7.00. The van der Waals surface area contributed by atoms with Crippen LogP contribution in [-0.2, 0) is 13.0 Å². The molecular weight excluding hydrogens is 260 g/mol. The Balaban J connectivity index is 1.82. The van der Waals surface area contributed by atoms with Crippen molar-refractivity contribution in [2.45, 2.75) is 19.9 Å². The molecule has 106 valence electrons. The first-order valence-electron chi connectivity index (χ1n) is 7.00. The molecule has 0 unspecified atom stereocenters. The summed E-state index contributed by atoms with van der Waals surface area (Å²) in [5.41, 5.74) is 10.6. The first-order chi connectivity index (χ1) is 10.2. The van der Waals surface area contributed by atoms with E-state index in [1.54, 1.807) is 6.20 Å². The Bertz CT molecular complexity index is 746. The van der Waals surface area contributed by atoms with Gasteiger partial charge in [-0.3, -0.25) is 0 Å². The van der Waals surface area contributed by atoms with Crippen LogP contribution in [0.1, 0.15) is 11.1 Å². The number of hydrogen-bond donors (Lipinski definition) is 1. The van der Waals surface area contributed by atoms with Gasteiger partial charge in [-0.2, -0.15) is 0 Å². The zero-order chi connectivity index (χ0) is 14.7. The van der Waals surface area contributed by atoms with Crippen LogP contribution >= 0.6 is 0 Å². The molecule has 2 aromatic heterocycles. The molecule has 1 aromatic carbocycles. The maximum Gasteiger partial charge on any atom is 0.123 e. The second-order valence-electron chi connectivity index (χ2n) is 5.12. The summed E-state index contributed by atoms with van der Waals surface area (Å²) in [5.74, 6) is 0.527. The molecule has 0 fully saturated rings. The molecule has 2 heterocycles. The van der Waals surface area contributed by atoms with Gasteiger partial charge < -0.3 is 10.3 Å². The molecule has 0 atom stereocenters. The van der Waals surface area contributed by atoms with E-state index in [9.17, 15) is 0 Å². The largest absolute Gasteiger partial charge is 0.384 e. The number of nitrogens with two attached hydrogens (primary N) is 1. The van der Waals surface area contributed by atoms with E-state index in [-0.39, 0.29) is 0 Å². The summed E-state index contributed by atoms with van der Waals surface area (Å²) >= 11 is 0. The zero-order valence-corrected chi connectivity index (χ0v) is 12.0. The minimum absolute atomic E-state index is 0.527. The number of aromatic nitrogens is 3. The zero-order valence-electron chi connectivity index (χ0n) is 12.0. The third-order valence-electron chi connectivity index (χ3n) is 3.67. The molecule has 3 aromatic rings. The average Bonchev–Trinajstić information content (AvgIpc) is 2.95. The number of pyridine rings is 1. The van der Waals surface area contributed by atoms with Crippen LogP contribution < -0.4 is 5.73 Å². The molecule has 0 bridgehead atoms. The van der Waals surface area contributed by atoms with E-state index in [2.05, 4.69) is 45.7 Å². The minimum Gasteiger partial charge on any atom is -0.384 e. The molecule has 21 heavy (non-hydrogen) atoms. The van der Waals surface area contributed by atoms with Crippen molar-refractivity contribution in [3.05, 3.63) is 66.2 Å². The molecule has 3 rings (SSSR count). The predicted octanol–water partition coefficient (Wildman–Crippen LogP) is 3.08. The van der Waals surface area contributed by atoms with E-state index < -0.39 is 0 Å². The van der Waals surface area contributed by atoms with Gasteiger partial charge in [-0.1, -0.05) is 24.3 Å². The first kappa shape index (κ1) is 13.4. The SMILES string of the molecule is Cc1ccccc1CCn1cncc1-c1ccnc(N)c1. The van der Waals surface area contributed by atoms with Crippen molar-refractivity contribution < 1.29 is 0 Å². The van der Waals surface area contributed by atoms with Crippen LogP contribution in [0.2, 0.25) is 0 Å². The van der Waals surface area contributed by atoms with Crippen molar-refractivity contribution in [3.8, 4) is 11.3 Å². The summed E-state index contributed by atoms with van der Waals surface area (Å²) in [6.07, 6.45) is 6.44. The monoisotopic (exact) mass is 278 g/mol. The van der Waals surface area contributed by atoms with Crippen LogP contribution in [0.15, 0.2) is 55.1 Å². The Morgan fingerprint density at radius 2 is 2.05 bits per heavy atom. The summed E-state index contributed by atoms with van der Waals surface area (Å²) in [4.78, 5) is 8.30. The molecule has 0 spiro atoms. The number of hydrogen-bond acceptors (Lipinski definition) is 3. The van der Waals surface area contributed by atoms with Crippen molar-refractivity contribution in [2.24, 2.45) is 0 Å². The number of nitrogen functional groups attached to an aromatic ring is 1. The number of imidazole rings is 1. The Morgan fingerprint density at radius 3 is 2.86 bits per heavy atom. The number of benzene rings is 1. The van der Waals surface area contributed by atoms with Crippen LogP contribution in [0.5, 0.6) is 0 Å². The molecule has 0 saturated carbocycles. The third-order valence-corrected chi connectivity index (χ3v) is 3.67. The molecular formula is C17H18N4. The highest BCUT2D eigenvalue weighted by atomic mass is 15.0. The highest BCUT2D eigenvalue weighted by Gasteiger charge is 2.06. The summed E-state index contributed by atoms with van der Waals surface area (Å²) in [6, 6.07) is 12.3. The van der Waals surface area contributed by atoms with Crippen LogP contribution in [0.4, 0.5) is 5.82 Å². The van der Waals surface area contributed by atoms with Gasteiger partial charge in [0.1, 0.15) is 5.82 Å². The van der Waals surface area contributed by atoms with Crippen LogP contribution in [0, 0.1) is 6.92 Å². The fourth-order valence-electron chi connectivity index (χ4n) is 2.48. The molecule has 4 heteroatoms. The van der Waals surface area contributed by atoms with Crippen molar-refractivity contribution in [1.29, 1.82) is 0 Å². The maximum atomic E-state index is 5.76. The molecule has 2 N–H and O–H groups in total. The van der Waals surface area contributed by atoms with Crippen LogP contribution in [0.3, 0.4) is 0 Å². The topological polar surface area (TPSA) is 56.7 Å². The van der Waals surface area contributed by atoms with Gasteiger partial charge in [0.15, 0.2) is 0 Å². The Kier molecular flexibility index (Phi) is 3.69. The second kappa shape index (κ2) is 5.79. The van der Waals surface area contributed by atoms with E-state index in [0.29, 0.717) is 5.82 Å². The van der Waals surface area contributed by atoms with Crippen LogP contribution in [0.25, 0.3) is 11.3 Å². The van der Waals surface area contributed by atoms with Gasteiger partial charge in [0.25, 0.3) is 0 Å². The normalized spacial score (nSPS) is 10.7. The smallest absolute Gasteiger partial charge is 0.123 e. The van der Waals surface area contributed by atoms with E-state index in [4.69, 9.17) is 5.73 Å². The Labute approximate surface area is 124 Å².